The molecule has 4 nitrogen and oxygen atoms in total. The van der Waals surface area contributed by atoms with Gasteiger partial charge in [-0.15, -0.1) is 0 Å². The molecule has 4 heteroatoms. The second-order valence-corrected chi connectivity index (χ2v) is 4.70. The van der Waals surface area contributed by atoms with Gasteiger partial charge < -0.3 is 14.2 Å². The van der Waals surface area contributed by atoms with Gasteiger partial charge in [0.05, 0.1) is 13.0 Å². The number of hydrogen-bond acceptors (Lipinski definition) is 4. The Bertz CT molecular complexity index is 384. The van der Waals surface area contributed by atoms with Crippen LogP contribution < -0.4 is 4.74 Å². The largest absolute Gasteiger partial charge is 0.493 e. The van der Waals surface area contributed by atoms with E-state index >= 15 is 0 Å². The van der Waals surface area contributed by atoms with Gasteiger partial charge in [0.2, 0.25) is 0 Å². The minimum absolute atomic E-state index is 0.192. The van der Waals surface area contributed by atoms with Crippen molar-refractivity contribution >= 4 is 5.97 Å². The predicted octanol–water partition coefficient (Wildman–Crippen LogP) is 2.28. The van der Waals surface area contributed by atoms with Crippen molar-refractivity contribution in [2.45, 2.75) is 12.8 Å². The predicted molar refractivity (Wildman–Crippen MR) is 71.0 cm³/mol. The zero-order valence-electron chi connectivity index (χ0n) is 11.2. The van der Waals surface area contributed by atoms with Gasteiger partial charge in [0, 0.05) is 13.2 Å². The normalized spacial score (nSPS) is 17.7. The molecule has 1 unspecified atom stereocenters. The number of ether oxygens (including phenoxy) is 3. The monoisotopic (exact) mass is 264 g/mol. The molecule has 1 heterocycles. The molecule has 1 fully saturated rings. The van der Waals surface area contributed by atoms with E-state index in [9.17, 15) is 4.79 Å². The first-order valence-electron chi connectivity index (χ1n) is 6.64. The molecule has 0 radical (unpaired) electrons. The summed E-state index contributed by atoms with van der Waals surface area (Å²) in [4.78, 5) is 11.9. The van der Waals surface area contributed by atoms with Gasteiger partial charge in [0.15, 0.2) is 0 Å². The summed E-state index contributed by atoms with van der Waals surface area (Å²) in [5.74, 6) is 0.658. The Labute approximate surface area is 113 Å². The maximum atomic E-state index is 11.9. The first kappa shape index (κ1) is 13.9. The third kappa shape index (κ3) is 3.96. The maximum absolute atomic E-state index is 11.9. The Kier molecular flexibility index (Phi) is 5.21. The summed E-state index contributed by atoms with van der Waals surface area (Å²) in [6.07, 6.45) is 1.77. The van der Waals surface area contributed by atoms with Crippen LogP contribution in [0.2, 0.25) is 0 Å². The number of methoxy groups -OCH3 is 1. The van der Waals surface area contributed by atoms with E-state index in [2.05, 4.69) is 0 Å². The van der Waals surface area contributed by atoms with Crippen molar-refractivity contribution in [2.75, 3.05) is 26.9 Å². The van der Waals surface area contributed by atoms with Crippen LogP contribution in [-0.4, -0.2) is 32.9 Å². The van der Waals surface area contributed by atoms with Crippen LogP contribution in [0.15, 0.2) is 30.3 Å². The summed E-state index contributed by atoms with van der Waals surface area (Å²) in [5, 5.41) is 0. The smallest absolute Gasteiger partial charge is 0.312 e. The summed E-state index contributed by atoms with van der Waals surface area (Å²) < 4.78 is 15.9. The van der Waals surface area contributed by atoms with E-state index < -0.39 is 0 Å². The van der Waals surface area contributed by atoms with Crippen LogP contribution in [0.5, 0.6) is 5.75 Å². The number of rotatable bonds is 5. The average molecular weight is 264 g/mol. The first-order chi connectivity index (χ1) is 9.31. The van der Waals surface area contributed by atoms with E-state index in [1.807, 2.05) is 30.3 Å². The molecular weight excluding hydrogens is 244 g/mol. The molecule has 19 heavy (non-hydrogen) atoms. The zero-order chi connectivity index (χ0) is 13.5. The third-order valence-corrected chi connectivity index (χ3v) is 3.51. The second-order valence-electron chi connectivity index (χ2n) is 4.70. The van der Waals surface area contributed by atoms with Gasteiger partial charge in [-0.25, -0.2) is 0 Å². The molecular formula is C15H20O4. The van der Waals surface area contributed by atoms with E-state index in [1.54, 1.807) is 0 Å². The zero-order valence-corrected chi connectivity index (χ0v) is 11.2. The number of hydrogen-bond donors (Lipinski definition) is 0. The van der Waals surface area contributed by atoms with Crippen molar-refractivity contribution in [3.63, 3.8) is 0 Å². The van der Waals surface area contributed by atoms with Gasteiger partial charge in [0.1, 0.15) is 12.4 Å². The maximum Gasteiger partial charge on any atom is 0.312 e. The Morgan fingerprint density at radius 1 is 1.32 bits per heavy atom. The Morgan fingerprint density at radius 3 is 2.63 bits per heavy atom. The highest BCUT2D eigenvalue weighted by molar-refractivity contribution is 5.72. The fourth-order valence-electron chi connectivity index (χ4n) is 2.37. The SMILES string of the molecule is COC(=O)C(COc1ccccc1)C1CCOCC1. The minimum Gasteiger partial charge on any atom is -0.493 e. The lowest BCUT2D eigenvalue weighted by molar-refractivity contribution is -0.150. The highest BCUT2D eigenvalue weighted by Gasteiger charge is 2.31. The summed E-state index contributed by atoms with van der Waals surface area (Å²) in [6.45, 7) is 1.79. The number of carbonyl (C=O) groups excluding carboxylic acids is 1. The molecule has 0 N–H and O–H groups in total. The van der Waals surface area contributed by atoms with Crippen molar-refractivity contribution in [3.05, 3.63) is 30.3 Å². The van der Waals surface area contributed by atoms with Crippen LogP contribution >= 0.6 is 0 Å². The highest BCUT2D eigenvalue weighted by atomic mass is 16.5. The van der Waals surface area contributed by atoms with Gasteiger partial charge in [-0.3, -0.25) is 4.79 Å². The van der Waals surface area contributed by atoms with Crippen LogP contribution in [-0.2, 0) is 14.3 Å². The minimum atomic E-state index is -0.214. The molecule has 0 amide bonds. The van der Waals surface area contributed by atoms with Crippen LogP contribution in [0.25, 0.3) is 0 Å². The van der Waals surface area contributed by atoms with Crippen molar-refractivity contribution in [1.29, 1.82) is 0 Å². The molecule has 1 saturated heterocycles. The molecule has 2 rings (SSSR count). The lowest BCUT2D eigenvalue weighted by Crippen LogP contribution is -2.34. The topological polar surface area (TPSA) is 44.8 Å². The van der Waals surface area contributed by atoms with Crippen molar-refractivity contribution in [3.8, 4) is 5.75 Å². The van der Waals surface area contributed by atoms with Crippen LogP contribution in [0, 0.1) is 11.8 Å². The molecule has 0 aliphatic carbocycles. The molecule has 104 valence electrons. The van der Waals surface area contributed by atoms with Gasteiger partial charge in [0.25, 0.3) is 0 Å². The molecule has 1 aliphatic heterocycles. The summed E-state index contributed by atoms with van der Waals surface area (Å²) in [5.41, 5.74) is 0. The Balaban J connectivity index is 1.95. The molecule has 1 aromatic rings. The van der Waals surface area contributed by atoms with Crippen LogP contribution in [0.4, 0.5) is 0 Å². The average Bonchev–Trinajstić information content (AvgIpc) is 2.49. The highest BCUT2D eigenvalue weighted by Crippen LogP contribution is 2.26. The van der Waals surface area contributed by atoms with Gasteiger partial charge in [-0.1, -0.05) is 18.2 Å². The van der Waals surface area contributed by atoms with E-state index in [4.69, 9.17) is 14.2 Å². The standard InChI is InChI=1S/C15H20O4/c1-17-15(16)14(12-7-9-18-10-8-12)11-19-13-5-3-2-4-6-13/h2-6,12,14H,7-11H2,1H3. The summed E-state index contributed by atoms with van der Waals surface area (Å²) >= 11 is 0. The number of esters is 1. The molecule has 0 saturated carbocycles. The van der Waals surface area contributed by atoms with E-state index in [1.165, 1.54) is 7.11 Å². The van der Waals surface area contributed by atoms with Crippen molar-refractivity contribution < 1.29 is 19.0 Å². The Hall–Kier alpha value is -1.55. The number of carbonyl (C=O) groups is 1. The molecule has 1 aliphatic rings. The fraction of sp³-hybridized carbons (Fsp3) is 0.533. The third-order valence-electron chi connectivity index (χ3n) is 3.51. The van der Waals surface area contributed by atoms with Gasteiger partial charge in [-0.05, 0) is 30.9 Å². The van der Waals surface area contributed by atoms with Gasteiger partial charge >= 0.3 is 5.97 Å². The Morgan fingerprint density at radius 2 is 2.00 bits per heavy atom. The second kappa shape index (κ2) is 7.14. The van der Waals surface area contributed by atoms with E-state index in [-0.39, 0.29) is 17.8 Å². The molecule has 0 aromatic heterocycles. The molecule has 1 aromatic carbocycles. The quantitative estimate of drug-likeness (QED) is 0.765. The van der Waals surface area contributed by atoms with Crippen LogP contribution in [0.3, 0.4) is 0 Å². The van der Waals surface area contributed by atoms with Gasteiger partial charge in [-0.2, -0.15) is 0 Å². The van der Waals surface area contributed by atoms with Crippen LogP contribution in [0.1, 0.15) is 12.8 Å². The number of benzene rings is 1. The summed E-state index contributed by atoms with van der Waals surface area (Å²) in [6, 6.07) is 9.54. The number of para-hydroxylation sites is 1. The van der Waals surface area contributed by atoms with Crippen molar-refractivity contribution in [2.24, 2.45) is 11.8 Å². The van der Waals surface area contributed by atoms with E-state index in [0.29, 0.717) is 19.8 Å². The lowest BCUT2D eigenvalue weighted by Gasteiger charge is -2.28. The summed E-state index contributed by atoms with van der Waals surface area (Å²) in [7, 11) is 1.43. The molecule has 0 spiro atoms. The first-order valence-corrected chi connectivity index (χ1v) is 6.64. The fourth-order valence-corrected chi connectivity index (χ4v) is 2.37. The van der Waals surface area contributed by atoms with E-state index in [0.717, 1.165) is 18.6 Å². The lowest BCUT2D eigenvalue weighted by atomic mass is 9.86. The molecule has 1 atom stereocenters. The van der Waals surface area contributed by atoms with Crippen molar-refractivity contribution in [1.82, 2.24) is 0 Å². The molecule has 0 bridgehead atoms.